The first-order valence-electron chi connectivity index (χ1n) is 7.31. The predicted octanol–water partition coefficient (Wildman–Crippen LogP) is 3.81. The average Bonchev–Trinajstić information content (AvgIpc) is 2.89. The molecule has 2 aromatic rings. The summed E-state index contributed by atoms with van der Waals surface area (Å²) in [7, 11) is 0. The molecule has 20 heavy (non-hydrogen) atoms. The third kappa shape index (κ3) is 2.80. The second kappa shape index (κ2) is 6.08. The Morgan fingerprint density at radius 2 is 2.10 bits per heavy atom. The van der Waals surface area contributed by atoms with Crippen molar-refractivity contribution in [3.8, 4) is 0 Å². The lowest BCUT2D eigenvalue weighted by Gasteiger charge is -2.35. The predicted molar refractivity (Wildman–Crippen MR) is 88.4 cm³/mol. The van der Waals surface area contributed by atoms with Crippen LogP contribution in [0, 0.1) is 0 Å². The molecule has 1 atom stereocenters. The van der Waals surface area contributed by atoms with Gasteiger partial charge in [0.1, 0.15) is 0 Å². The van der Waals surface area contributed by atoms with Gasteiger partial charge < -0.3 is 5.32 Å². The van der Waals surface area contributed by atoms with E-state index in [9.17, 15) is 0 Å². The van der Waals surface area contributed by atoms with Crippen molar-refractivity contribution < 1.29 is 0 Å². The molecule has 106 valence electrons. The van der Waals surface area contributed by atoms with Crippen molar-refractivity contribution in [1.29, 1.82) is 0 Å². The summed E-state index contributed by atoms with van der Waals surface area (Å²) in [4.78, 5) is 2.61. The van der Waals surface area contributed by atoms with E-state index in [1.54, 1.807) is 0 Å². The number of piperazine rings is 1. The molecule has 1 aliphatic heterocycles. The molecule has 0 radical (unpaired) electrons. The molecule has 1 fully saturated rings. The molecule has 0 aliphatic carbocycles. The Hall–Kier alpha value is -1.16. The van der Waals surface area contributed by atoms with E-state index in [1.807, 2.05) is 11.3 Å². The Morgan fingerprint density at radius 1 is 1.35 bits per heavy atom. The summed E-state index contributed by atoms with van der Waals surface area (Å²) in [5, 5.41) is 7.21. The minimum atomic E-state index is 0.478. The van der Waals surface area contributed by atoms with Crippen molar-refractivity contribution in [3.63, 3.8) is 0 Å². The van der Waals surface area contributed by atoms with Crippen LogP contribution < -0.4 is 5.32 Å². The normalized spacial score (nSPS) is 18.2. The number of benzene rings is 1. The third-order valence-electron chi connectivity index (χ3n) is 4.00. The molecule has 1 aliphatic rings. The van der Waals surface area contributed by atoms with Crippen LogP contribution in [-0.2, 0) is 0 Å². The third-order valence-corrected chi connectivity index (χ3v) is 4.99. The van der Waals surface area contributed by atoms with Crippen LogP contribution in [0.1, 0.15) is 24.9 Å². The lowest BCUT2D eigenvalue weighted by Crippen LogP contribution is -2.45. The van der Waals surface area contributed by atoms with Gasteiger partial charge in [0.15, 0.2) is 0 Å². The van der Waals surface area contributed by atoms with Crippen LogP contribution in [0.2, 0.25) is 0 Å². The van der Waals surface area contributed by atoms with Crippen LogP contribution in [0.25, 0.3) is 10.1 Å². The number of thiophene rings is 1. The van der Waals surface area contributed by atoms with Crippen molar-refractivity contribution in [3.05, 3.63) is 47.4 Å². The summed E-state index contributed by atoms with van der Waals surface area (Å²) in [5.41, 5.74) is 2.75. The first-order chi connectivity index (χ1) is 9.75. The summed E-state index contributed by atoms with van der Waals surface area (Å²) in [6.45, 7) is 10.7. The van der Waals surface area contributed by atoms with Gasteiger partial charge in [-0.25, -0.2) is 0 Å². The number of hydrogen-bond donors (Lipinski definition) is 1. The highest BCUT2D eigenvalue weighted by Gasteiger charge is 2.24. The van der Waals surface area contributed by atoms with Gasteiger partial charge in [0.05, 0.1) is 0 Å². The topological polar surface area (TPSA) is 15.3 Å². The van der Waals surface area contributed by atoms with Gasteiger partial charge in [-0.15, -0.1) is 17.9 Å². The summed E-state index contributed by atoms with van der Waals surface area (Å²) in [6, 6.07) is 9.23. The summed E-state index contributed by atoms with van der Waals surface area (Å²) < 4.78 is 1.39. The van der Waals surface area contributed by atoms with Gasteiger partial charge >= 0.3 is 0 Å². The maximum atomic E-state index is 4.14. The maximum Gasteiger partial charge on any atom is 0.0400 e. The molecule has 0 bridgehead atoms. The molecular formula is C17H22N2S. The van der Waals surface area contributed by atoms with E-state index in [1.165, 1.54) is 21.2 Å². The van der Waals surface area contributed by atoms with E-state index in [-0.39, 0.29) is 0 Å². The number of hydrogen-bond acceptors (Lipinski definition) is 3. The zero-order valence-electron chi connectivity index (χ0n) is 12.1. The van der Waals surface area contributed by atoms with Crippen LogP contribution in [0.3, 0.4) is 0 Å². The minimum absolute atomic E-state index is 0.478. The minimum Gasteiger partial charge on any atom is -0.314 e. The molecule has 0 amide bonds. The fourth-order valence-electron chi connectivity index (χ4n) is 3.02. The molecule has 3 heteroatoms. The number of nitrogens with zero attached hydrogens (tertiary/aromatic N) is 1. The van der Waals surface area contributed by atoms with Crippen molar-refractivity contribution in [1.82, 2.24) is 10.2 Å². The Morgan fingerprint density at radius 3 is 2.85 bits per heavy atom. The quantitative estimate of drug-likeness (QED) is 0.860. The van der Waals surface area contributed by atoms with Gasteiger partial charge in [0, 0.05) is 36.9 Å². The lowest BCUT2D eigenvalue weighted by atomic mass is 9.97. The van der Waals surface area contributed by atoms with Crippen LogP contribution in [-0.4, -0.2) is 31.1 Å². The van der Waals surface area contributed by atoms with E-state index in [0.29, 0.717) is 6.04 Å². The first kappa shape index (κ1) is 13.8. The molecule has 1 aromatic heterocycles. The standard InChI is InChI=1S/C17H22N2S/c1-13(2)11-16(19-9-7-18-8-10-19)15-12-20-17-6-4-3-5-14(15)17/h3-6,12,16,18H,1,7-11H2,2H3/t16-/m1/s1. The van der Waals surface area contributed by atoms with Crippen LogP contribution >= 0.6 is 11.3 Å². The summed E-state index contributed by atoms with van der Waals surface area (Å²) >= 11 is 1.86. The molecule has 1 aromatic carbocycles. The van der Waals surface area contributed by atoms with Gasteiger partial charge in [-0.05, 0) is 35.7 Å². The van der Waals surface area contributed by atoms with Crippen molar-refractivity contribution in [2.75, 3.05) is 26.2 Å². The molecule has 0 unspecified atom stereocenters. The fourth-order valence-corrected chi connectivity index (χ4v) is 4.02. The van der Waals surface area contributed by atoms with Crippen LogP contribution in [0.4, 0.5) is 0 Å². The highest BCUT2D eigenvalue weighted by molar-refractivity contribution is 7.17. The molecule has 1 N–H and O–H groups in total. The summed E-state index contributed by atoms with van der Waals surface area (Å²) in [6.07, 6.45) is 1.06. The van der Waals surface area contributed by atoms with E-state index in [2.05, 4.69) is 53.4 Å². The Labute approximate surface area is 125 Å². The van der Waals surface area contributed by atoms with Crippen molar-refractivity contribution in [2.45, 2.75) is 19.4 Å². The highest BCUT2D eigenvalue weighted by atomic mass is 32.1. The molecule has 2 heterocycles. The van der Waals surface area contributed by atoms with Gasteiger partial charge in [-0.3, -0.25) is 4.90 Å². The van der Waals surface area contributed by atoms with Gasteiger partial charge in [-0.1, -0.05) is 23.8 Å². The monoisotopic (exact) mass is 286 g/mol. The van der Waals surface area contributed by atoms with Crippen LogP contribution in [0.5, 0.6) is 0 Å². The average molecular weight is 286 g/mol. The zero-order valence-corrected chi connectivity index (χ0v) is 12.9. The molecular weight excluding hydrogens is 264 g/mol. The summed E-state index contributed by atoms with van der Waals surface area (Å²) in [5.74, 6) is 0. The molecule has 0 saturated carbocycles. The largest absolute Gasteiger partial charge is 0.314 e. The SMILES string of the molecule is C=C(C)C[C@H](c1csc2ccccc12)N1CCNCC1. The van der Waals surface area contributed by atoms with Crippen molar-refractivity contribution in [2.24, 2.45) is 0 Å². The molecule has 1 saturated heterocycles. The van der Waals surface area contributed by atoms with E-state index in [0.717, 1.165) is 32.6 Å². The second-order valence-corrected chi connectivity index (χ2v) is 6.56. The Kier molecular flexibility index (Phi) is 4.20. The zero-order chi connectivity index (χ0) is 13.9. The van der Waals surface area contributed by atoms with Crippen molar-refractivity contribution >= 4 is 21.4 Å². The highest BCUT2D eigenvalue weighted by Crippen LogP contribution is 2.36. The van der Waals surface area contributed by atoms with E-state index in [4.69, 9.17) is 0 Å². The van der Waals surface area contributed by atoms with Gasteiger partial charge in [0.25, 0.3) is 0 Å². The van der Waals surface area contributed by atoms with E-state index < -0.39 is 0 Å². The van der Waals surface area contributed by atoms with E-state index >= 15 is 0 Å². The smallest absolute Gasteiger partial charge is 0.0400 e. The lowest BCUT2D eigenvalue weighted by molar-refractivity contribution is 0.173. The van der Waals surface area contributed by atoms with Gasteiger partial charge in [0.2, 0.25) is 0 Å². The van der Waals surface area contributed by atoms with Gasteiger partial charge in [-0.2, -0.15) is 0 Å². The fraction of sp³-hybridized carbons (Fsp3) is 0.412. The second-order valence-electron chi connectivity index (χ2n) is 5.65. The number of fused-ring (bicyclic) bond motifs is 1. The van der Waals surface area contributed by atoms with Crippen LogP contribution in [0.15, 0.2) is 41.8 Å². The first-order valence-corrected chi connectivity index (χ1v) is 8.19. The number of rotatable bonds is 4. The molecule has 3 rings (SSSR count). The number of nitrogens with one attached hydrogen (secondary N) is 1. The maximum absolute atomic E-state index is 4.14. The Balaban J connectivity index is 1.97. The molecule has 2 nitrogen and oxygen atoms in total. The molecule has 0 spiro atoms. The Bertz CT molecular complexity index is 596.